The van der Waals surface area contributed by atoms with E-state index >= 15 is 0 Å². The number of hydrogen-bond donors (Lipinski definition) is 0. The van der Waals surface area contributed by atoms with Crippen molar-refractivity contribution in [3.8, 4) is 0 Å². The van der Waals surface area contributed by atoms with E-state index in [4.69, 9.17) is 0 Å². The Hall–Kier alpha value is -0.920. The molecule has 0 N–H and O–H groups in total. The smallest absolute Gasteiger partial charge is 0.161 e. The highest BCUT2D eigenvalue weighted by molar-refractivity contribution is 6.12. The third-order valence-corrected chi connectivity index (χ3v) is 1.26. The van der Waals surface area contributed by atoms with Crippen molar-refractivity contribution in [3.05, 3.63) is 11.6 Å². The number of allylic oxidation sites excluding steroid dienone is 1. The van der Waals surface area contributed by atoms with Gasteiger partial charge in [-0.25, -0.2) is 0 Å². The van der Waals surface area contributed by atoms with E-state index in [1.165, 1.54) is 0 Å². The number of ketones is 1. The number of rotatable bonds is 1. The monoisotopic (exact) mass is 123 g/mol. The van der Waals surface area contributed by atoms with Gasteiger partial charge in [0.05, 0.1) is 0 Å². The van der Waals surface area contributed by atoms with Gasteiger partial charge < -0.3 is 0 Å². The van der Waals surface area contributed by atoms with Crippen LogP contribution in [0, 0.1) is 0 Å². The van der Waals surface area contributed by atoms with E-state index in [1.807, 2.05) is 6.08 Å². The zero-order chi connectivity index (χ0) is 6.69. The van der Waals surface area contributed by atoms with Crippen molar-refractivity contribution in [2.24, 2.45) is 4.99 Å². The first-order valence-corrected chi connectivity index (χ1v) is 3.01. The van der Waals surface area contributed by atoms with Crippen molar-refractivity contribution in [3.63, 3.8) is 0 Å². The maximum absolute atomic E-state index is 10.6. The Bertz CT molecular complexity index is 179. The number of dihydropyridines is 1. The van der Waals surface area contributed by atoms with Crippen molar-refractivity contribution in [2.75, 3.05) is 6.54 Å². The van der Waals surface area contributed by atoms with Crippen molar-refractivity contribution in [1.82, 2.24) is 0 Å². The van der Waals surface area contributed by atoms with Gasteiger partial charge in [0.1, 0.15) is 0 Å². The third-order valence-electron chi connectivity index (χ3n) is 1.26. The molecule has 0 bridgehead atoms. The topological polar surface area (TPSA) is 29.4 Å². The molecule has 0 aromatic carbocycles. The van der Waals surface area contributed by atoms with Crippen LogP contribution in [0.25, 0.3) is 0 Å². The molecule has 0 saturated heterocycles. The fourth-order valence-corrected chi connectivity index (χ4v) is 0.745. The summed E-state index contributed by atoms with van der Waals surface area (Å²) in [5, 5.41) is 0. The van der Waals surface area contributed by atoms with E-state index < -0.39 is 0 Å². The summed E-state index contributed by atoms with van der Waals surface area (Å²) in [6.45, 7) is 2.39. The molecule has 48 valence electrons. The Morgan fingerprint density at radius 2 is 2.56 bits per heavy atom. The minimum absolute atomic E-state index is 0.110. The largest absolute Gasteiger partial charge is 0.294 e. The molecule has 0 atom stereocenters. The maximum Gasteiger partial charge on any atom is 0.161 e. The minimum Gasteiger partial charge on any atom is -0.294 e. The average molecular weight is 123 g/mol. The van der Waals surface area contributed by atoms with E-state index in [2.05, 4.69) is 4.99 Å². The van der Waals surface area contributed by atoms with Crippen molar-refractivity contribution in [2.45, 2.75) is 13.3 Å². The highest BCUT2D eigenvalue weighted by Crippen LogP contribution is 2.00. The molecule has 0 aromatic rings. The number of carbonyl (C=O) groups excluding carboxylic acids is 1. The molecule has 0 radical (unpaired) electrons. The lowest BCUT2D eigenvalue weighted by molar-refractivity contribution is -0.113. The number of hydrogen-bond acceptors (Lipinski definition) is 2. The van der Waals surface area contributed by atoms with Gasteiger partial charge in [0, 0.05) is 18.3 Å². The second-order valence-corrected chi connectivity index (χ2v) is 2.04. The Kier molecular flexibility index (Phi) is 1.78. The first-order valence-electron chi connectivity index (χ1n) is 3.01. The van der Waals surface area contributed by atoms with Crippen LogP contribution in [0.2, 0.25) is 0 Å². The highest BCUT2D eigenvalue weighted by atomic mass is 16.1. The minimum atomic E-state index is 0.110. The van der Waals surface area contributed by atoms with E-state index in [0.717, 1.165) is 18.5 Å². The van der Waals surface area contributed by atoms with Crippen LogP contribution < -0.4 is 0 Å². The van der Waals surface area contributed by atoms with Crippen LogP contribution in [0.4, 0.5) is 0 Å². The van der Waals surface area contributed by atoms with Gasteiger partial charge in [-0.3, -0.25) is 9.79 Å². The van der Waals surface area contributed by atoms with Crippen LogP contribution in [0.15, 0.2) is 16.6 Å². The standard InChI is InChI=1S/C7H9NO/c1-6(9)7-3-2-4-8-5-7/h3,5H,2,4H2,1H3. The summed E-state index contributed by atoms with van der Waals surface area (Å²) in [4.78, 5) is 14.6. The molecule has 1 aliphatic heterocycles. The van der Waals surface area contributed by atoms with Crippen LogP contribution >= 0.6 is 0 Å². The molecule has 0 fully saturated rings. The van der Waals surface area contributed by atoms with E-state index in [-0.39, 0.29) is 5.78 Å². The van der Waals surface area contributed by atoms with E-state index in [0.29, 0.717) is 0 Å². The van der Waals surface area contributed by atoms with Gasteiger partial charge in [0.2, 0.25) is 0 Å². The zero-order valence-corrected chi connectivity index (χ0v) is 5.42. The molecule has 1 rings (SSSR count). The Balaban J connectivity index is 2.69. The molecule has 1 aliphatic rings. The molecule has 9 heavy (non-hydrogen) atoms. The molecule has 0 spiro atoms. The Labute approximate surface area is 54.3 Å². The van der Waals surface area contributed by atoms with Crippen LogP contribution in [0.5, 0.6) is 0 Å². The van der Waals surface area contributed by atoms with Gasteiger partial charge in [-0.15, -0.1) is 0 Å². The van der Waals surface area contributed by atoms with Crippen LogP contribution in [0.1, 0.15) is 13.3 Å². The van der Waals surface area contributed by atoms with Gasteiger partial charge >= 0.3 is 0 Å². The van der Waals surface area contributed by atoms with Crippen molar-refractivity contribution >= 4 is 12.0 Å². The highest BCUT2D eigenvalue weighted by Gasteiger charge is 2.01. The maximum atomic E-state index is 10.6. The van der Waals surface area contributed by atoms with Gasteiger partial charge in [0.15, 0.2) is 5.78 Å². The van der Waals surface area contributed by atoms with Gasteiger partial charge in [-0.1, -0.05) is 6.08 Å². The van der Waals surface area contributed by atoms with Crippen LogP contribution in [-0.4, -0.2) is 18.5 Å². The second-order valence-electron chi connectivity index (χ2n) is 2.04. The third kappa shape index (κ3) is 1.49. The Morgan fingerprint density at radius 3 is 2.89 bits per heavy atom. The van der Waals surface area contributed by atoms with Gasteiger partial charge in [-0.05, 0) is 13.3 Å². The van der Waals surface area contributed by atoms with E-state index in [9.17, 15) is 4.79 Å². The molecule has 0 saturated carbocycles. The van der Waals surface area contributed by atoms with Crippen molar-refractivity contribution in [1.29, 1.82) is 0 Å². The second kappa shape index (κ2) is 2.58. The fourth-order valence-electron chi connectivity index (χ4n) is 0.745. The molecular weight excluding hydrogens is 114 g/mol. The van der Waals surface area contributed by atoms with Crippen LogP contribution in [-0.2, 0) is 4.79 Å². The molecule has 1 heterocycles. The van der Waals surface area contributed by atoms with Gasteiger partial charge in [0.25, 0.3) is 0 Å². The normalized spacial score (nSPS) is 17.2. The first kappa shape index (κ1) is 6.20. The first-order chi connectivity index (χ1) is 4.30. The summed E-state index contributed by atoms with van der Waals surface area (Å²) in [6, 6.07) is 0. The van der Waals surface area contributed by atoms with E-state index in [1.54, 1.807) is 13.1 Å². The zero-order valence-electron chi connectivity index (χ0n) is 5.42. The summed E-state index contributed by atoms with van der Waals surface area (Å²) in [6.07, 6.45) is 4.48. The lowest BCUT2D eigenvalue weighted by atomic mass is 10.1. The molecule has 0 aliphatic carbocycles. The predicted octanol–water partition coefficient (Wildman–Crippen LogP) is 0.976. The number of carbonyl (C=O) groups is 1. The van der Waals surface area contributed by atoms with Crippen LogP contribution in [0.3, 0.4) is 0 Å². The summed E-state index contributed by atoms with van der Waals surface area (Å²) in [7, 11) is 0. The summed E-state index contributed by atoms with van der Waals surface area (Å²) in [5.41, 5.74) is 0.751. The predicted molar refractivity (Wildman–Crippen MR) is 36.7 cm³/mol. The summed E-state index contributed by atoms with van der Waals surface area (Å²) >= 11 is 0. The quantitative estimate of drug-likeness (QED) is 0.511. The molecule has 2 nitrogen and oxygen atoms in total. The molecular formula is C7H9NO. The molecule has 0 aromatic heterocycles. The molecule has 0 unspecified atom stereocenters. The Morgan fingerprint density at radius 1 is 1.78 bits per heavy atom. The lowest BCUT2D eigenvalue weighted by Gasteiger charge is -1.99. The lowest BCUT2D eigenvalue weighted by Crippen LogP contribution is -2.02. The summed E-state index contributed by atoms with van der Waals surface area (Å²) in [5.74, 6) is 0.110. The summed E-state index contributed by atoms with van der Waals surface area (Å²) < 4.78 is 0. The molecule has 0 amide bonds. The van der Waals surface area contributed by atoms with Gasteiger partial charge in [-0.2, -0.15) is 0 Å². The SMILES string of the molecule is CC(=O)C1=CCCN=C1. The average Bonchev–Trinajstić information content (AvgIpc) is 1.90. The van der Waals surface area contributed by atoms with Crippen molar-refractivity contribution < 1.29 is 4.79 Å². The fraction of sp³-hybridized carbons (Fsp3) is 0.429. The molecule has 2 heteroatoms. The number of Topliss-reactive ketones (excluding diaryl/α,β-unsaturated/α-hetero) is 1. The number of nitrogens with zero attached hydrogens (tertiary/aromatic N) is 1. The number of aliphatic imine (C=N–C) groups is 1.